The summed E-state index contributed by atoms with van der Waals surface area (Å²) < 4.78 is 37.3. The Hall–Kier alpha value is -2.16. The van der Waals surface area contributed by atoms with Gasteiger partial charge in [-0.15, -0.1) is 0 Å². The molecule has 0 aliphatic carbocycles. The maximum absolute atomic E-state index is 12.4. The van der Waals surface area contributed by atoms with Crippen LogP contribution in [0.4, 0.5) is 13.2 Å². The third kappa shape index (κ3) is 4.92. The maximum atomic E-state index is 12.4. The Labute approximate surface area is 130 Å². The Balaban J connectivity index is 1.81. The third-order valence-electron chi connectivity index (χ3n) is 3.67. The number of likely N-dealkylation sites (tertiary alicyclic amines) is 1. The first-order valence-corrected chi connectivity index (χ1v) is 7.08. The number of halogens is 3. The molecular weight excluding hydrogens is 313 g/mol. The standard InChI is InChI=1S/C14H17F3N4O2/c15-14(16,17)11-2-1-9(5-19-11)7-21-4-3-10(8-21)6-20-13(23)12(18)22/h1-2,5,10H,3-4,6-8H2,(H2,18,22)(H,20,23). The maximum Gasteiger partial charge on any atom is 0.433 e. The molecule has 2 amide bonds. The molecule has 126 valence electrons. The molecular formula is C14H17F3N4O2. The summed E-state index contributed by atoms with van der Waals surface area (Å²) >= 11 is 0. The minimum Gasteiger partial charge on any atom is -0.361 e. The van der Waals surface area contributed by atoms with Gasteiger partial charge in [0.1, 0.15) is 5.69 Å². The summed E-state index contributed by atoms with van der Waals surface area (Å²) in [6.07, 6.45) is -2.38. The summed E-state index contributed by atoms with van der Waals surface area (Å²) in [5.41, 5.74) is 4.63. The highest BCUT2D eigenvalue weighted by Gasteiger charge is 2.32. The number of alkyl halides is 3. The molecule has 1 saturated heterocycles. The zero-order valence-corrected chi connectivity index (χ0v) is 12.3. The third-order valence-corrected chi connectivity index (χ3v) is 3.67. The fourth-order valence-electron chi connectivity index (χ4n) is 2.49. The number of nitrogens with zero attached hydrogens (tertiary/aromatic N) is 2. The van der Waals surface area contributed by atoms with Crippen LogP contribution in [0.15, 0.2) is 18.3 Å². The second-order valence-electron chi connectivity index (χ2n) is 5.51. The number of amides is 2. The first-order valence-electron chi connectivity index (χ1n) is 7.08. The van der Waals surface area contributed by atoms with Crippen LogP contribution < -0.4 is 11.1 Å². The van der Waals surface area contributed by atoms with Gasteiger partial charge in [0.15, 0.2) is 0 Å². The molecule has 1 atom stereocenters. The van der Waals surface area contributed by atoms with Crippen molar-refractivity contribution < 1.29 is 22.8 Å². The van der Waals surface area contributed by atoms with Crippen LogP contribution >= 0.6 is 0 Å². The summed E-state index contributed by atoms with van der Waals surface area (Å²) in [7, 11) is 0. The van der Waals surface area contributed by atoms with E-state index in [-0.39, 0.29) is 5.92 Å². The first kappa shape index (κ1) is 17.2. The van der Waals surface area contributed by atoms with Crippen molar-refractivity contribution in [2.75, 3.05) is 19.6 Å². The van der Waals surface area contributed by atoms with Crippen molar-refractivity contribution in [3.8, 4) is 0 Å². The predicted octanol–water partition coefficient (Wildman–Crippen LogP) is 0.524. The lowest BCUT2D eigenvalue weighted by Crippen LogP contribution is -2.39. The van der Waals surface area contributed by atoms with Gasteiger partial charge in [-0.1, -0.05) is 6.07 Å². The van der Waals surface area contributed by atoms with Gasteiger partial charge in [-0.25, -0.2) is 0 Å². The largest absolute Gasteiger partial charge is 0.433 e. The Kier molecular flexibility index (Phi) is 5.19. The van der Waals surface area contributed by atoms with E-state index >= 15 is 0 Å². The van der Waals surface area contributed by atoms with Gasteiger partial charge in [-0.05, 0) is 30.5 Å². The summed E-state index contributed by atoms with van der Waals surface area (Å²) in [5.74, 6) is -1.65. The Morgan fingerprint density at radius 3 is 2.70 bits per heavy atom. The summed E-state index contributed by atoms with van der Waals surface area (Å²) in [6, 6.07) is 2.38. The molecule has 1 unspecified atom stereocenters. The number of primary amides is 1. The molecule has 1 aliphatic heterocycles. The minimum absolute atomic E-state index is 0.181. The van der Waals surface area contributed by atoms with Gasteiger partial charge >= 0.3 is 18.0 Å². The lowest BCUT2D eigenvalue weighted by Gasteiger charge is -2.16. The molecule has 0 bridgehead atoms. The molecule has 23 heavy (non-hydrogen) atoms. The molecule has 1 aliphatic rings. The number of aromatic nitrogens is 1. The average Bonchev–Trinajstić information content (AvgIpc) is 2.91. The van der Waals surface area contributed by atoms with Crippen LogP contribution in [0.25, 0.3) is 0 Å². The fourth-order valence-corrected chi connectivity index (χ4v) is 2.49. The molecule has 1 aromatic heterocycles. The number of nitrogens with two attached hydrogens (primary N) is 1. The second kappa shape index (κ2) is 6.95. The van der Waals surface area contributed by atoms with Crippen LogP contribution in [0.1, 0.15) is 17.7 Å². The molecule has 3 N–H and O–H groups in total. The van der Waals surface area contributed by atoms with Gasteiger partial charge in [0.2, 0.25) is 0 Å². The van der Waals surface area contributed by atoms with Crippen LogP contribution in [0.5, 0.6) is 0 Å². The van der Waals surface area contributed by atoms with Crippen molar-refractivity contribution in [1.82, 2.24) is 15.2 Å². The van der Waals surface area contributed by atoms with E-state index in [2.05, 4.69) is 15.2 Å². The van der Waals surface area contributed by atoms with Crippen LogP contribution in [0.2, 0.25) is 0 Å². The van der Waals surface area contributed by atoms with Crippen LogP contribution in [-0.4, -0.2) is 41.3 Å². The van der Waals surface area contributed by atoms with Crippen molar-refractivity contribution in [2.45, 2.75) is 19.1 Å². The number of nitrogens with one attached hydrogen (secondary N) is 1. The van der Waals surface area contributed by atoms with E-state index in [9.17, 15) is 22.8 Å². The van der Waals surface area contributed by atoms with Gasteiger partial charge in [-0.2, -0.15) is 13.2 Å². The van der Waals surface area contributed by atoms with Crippen LogP contribution in [0.3, 0.4) is 0 Å². The van der Waals surface area contributed by atoms with Gasteiger partial charge in [0.05, 0.1) is 0 Å². The predicted molar refractivity (Wildman–Crippen MR) is 74.8 cm³/mol. The van der Waals surface area contributed by atoms with E-state index in [0.29, 0.717) is 25.2 Å². The summed E-state index contributed by atoms with van der Waals surface area (Å²) in [4.78, 5) is 27.2. The average molecular weight is 330 g/mol. The monoisotopic (exact) mass is 330 g/mol. The molecule has 6 nitrogen and oxygen atoms in total. The molecule has 0 spiro atoms. The molecule has 2 rings (SSSR count). The van der Waals surface area contributed by atoms with Crippen molar-refractivity contribution in [3.63, 3.8) is 0 Å². The smallest absolute Gasteiger partial charge is 0.361 e. The van der Waals surface area contributed by atoms with E-state index in [1.807, 2.05) is 0 Å². The normalized spacial score (nSPS) is 18.8. The van der Waals surface area contributed by atoms with Crippen molar-refractivity contribution in [2.24, 2.45) is 11.7 Å². The highest BCUT2D eigenvalue weighted by atomic mass is 19.4. The van der Waals surface area contributed by atoms with Crippen molar-refractivity contribution >= 4 is 11.8 Å². The number of pyridine rings is 1. The quantitative estimate of drug-likeness (QED) is 0.788. The Morgan fingerprint density at radius 1 is 1.39 bits per heavy atom. The second-order valence-corrected chi connectivity index (χ2v) is 5.51. The number of carbonyl (C=O) groups excluding carboxylic acids is 2. The van der Waals surface area contributed by atoms with Gasteiger partial charge < -0.3 is 11.1 Å². The van der Waals surface area contributed by atoms with Gasteiger partial charge in [-0.3, -0.25) is 19.5 Å². The highest BCUT2D eigenvalue weighted by molar-refractivity contribution is 6.34. The molecule has 0 radical (unpaired) electrons. The van der Waals surface area contributed by atoms with E-state index in [1.54, 1.807) is 0 Å². The number of hydrogen-bond acceptors (Lipinski definition) is 4. The zero-order chi connectivity index (χ0) is 17.0. The van der Waals surface area contributed by atoms with Crippen molar-refractivity contribution in [1.29, 1.82) is 0 Å². The molecule has 1 aromatic rings. The molecule has 2 heterocycles. The van der Waals surface area contributed by atoms with Crippen LogP contribution in [-0.2, 0) is 22.3 Å². The Morgan fingerprint density at radius 2 is 2.13 bits per heavy atom. The minimum atomic E-state index is -4.43. The summed E-state index contributed by atoms with van der Waals surface area (Å²) in [6.45, 7) is 2.28. The number of hydrogen-bond donors (Lipinski definition) is 2. The molecule has 0 saturated carbocycles. The fraction of sp³-hybridized carbons (Fsp3) is 0.500. The topological polar surface area (TPSA) is 88.3 Å². The van der Waals surface area contributed by atoms with E-state index in [1.165, 1.54) is 12.3 Å². The number of carbonyl (C=O) groups is 2. The number of rotatable bonds is 4. The molecule has 9 heteroatoms. The summed E-state index contributed by atoms with van der Waals surface area (Å²) in [5, 5.41) is 2.46. The lowest BCUT2D eigenvalue weighted by atomic mass is 10.1. The first-order chi connectivity index (χ1) is 10.8. The van der Waals surface area contributed by atoms with Crippen molar-refractivity contribution in [3.05, 3.63) is 29.6 Å². The van der Waals surface area contributed by atoms with E-state index in [4.69, 9.17) is 5.73 Å². The van der Waals surface area contributed by atoms with Gasteiger partial charge in [0.25, 0.3) is 0 Å². The molecule has 0 aromatic carbocycles. The van der Waals surface area contributed by atoms with E-state index < -0.39 is 23.7 Å². The SMILES string of the molecule is NC(=O)C(=O)NCC1CCN(Cc2ccc(C(F)(F)F)nc2)C1. The molecule has 1 fully saturated rings. The Bertz CT molecular complexity index is 574. The highest BCUT2D eigenvalue weighted by Crippen LogP contribution is 2.27. The van der Waals surface area contributed by atoms with Crippen LogP contribution in [0, 0.1) is 5.92 Å². The van der Waals surface area contributed by atoms with Gasteiger partial charge in [0, 0.05) is 25.8 Å². The van der Waals surface area contributed by atoms with E-state index in [0.717, 1.165) is 19.0 Å². The lowest BCUT2D eigenvalue weighted by molar-refractivity contribution is -0.141. The zero-order valence-electron chi connectivity index (χ0n) is 12.3.